The van der Waals surface area contributed by atoms with Crippen LogP contribution < -0.4 is 19.7 Å². The molecule has 3 aromatic carbocycles. The van der Waals surface area contributed by atoms with Crippen molar-refractivity contribution in [3.63, 3.8) is 0 Å². The first-order valence-corrected chi connectivity index (χ1v) is 14.5. The maximum Gasteiger partial charge on any atom is 0.349 e. The molecule has 1 heterocycles. The minimum absolute atomic E-state index is 0.0579. The first-order valence-electron chi connectivity index (χ1n) is 14.5. The number of ether oxygens (including phenoxy) is 3. The van der Waals surface area contributed by atoms with E-state index in [-0.39, 0.29) is 18.4 Å². The van der Waals surface area contributed by atoms with Crippen molar-refractivity contribution in [2.24, 2.45) is 0 Å². The minimum atomic E-state index is -1.11. The summed E-state index contributed by atoms with van der Waals surface area (Å²) in [6, 6.07) is 23.5. The van der Waals surface area contributed by atoms with Crippen LogP contribution in [0.15, 0.2) is 72.8 Å². The summed E-state index contributed by atoms with van der Waals surface area (Å²) < 4.78 is 16.3. The number of carbonyl (C=O) groups excluding carboxylic acids is 2. The number of rotatable bonds is 12. The summed E-state index contributed by atoms with van der Waals surface area (Å²) in [4.78, 5) is 28.0. The second kappa shape index (κ2) is 14.1. The number of nitrogens with zero attached hydrogens (tertiary/aromatic N) is 1. The predicted octanol–water partition coefficient (Wildman–Crippen LogP) is 6.05. The Kier molecular flexibility index (Phi) is 10.3. The molecule has 7 nitrogen and oxygen atoms in total. The Morgan fingerprint density at radius 3 is 2.17 bits per heavy atom. The van der Waals surface area contributed by atoms with Crippen molar-refractivity contribution in [3.8, 4) is 11.5 Å². The average Bonchev–Trinajstić information content (AvgIpc) is 2.98. The minimum Gasteiger partial charge on any atom is -0.497 e. The van der Waals surface area contributed by atoms with Crippen LogP contribution >= 0.6 is 0 Å². The molecule has 1 atom stereocenters. The van der Waals surface area contributed by atoms with Gasteiger partial charge in [-0.1, -0.05) is 42.5 Å². The number of carbonyl (C=O) groups is 2. The molecular weight excluding hydrogens is 516 g/mol. The fourth-order valence-corrected chi connectivity index (χ4v) is 5.19. The highest BCUT2D eigenvalue weighted by molar-refractivity contribution is 5.80. The number of hydrogen-bond acceptors (Lipinski definition) is 6. The van der Waals surface area contributed by atoms with Crippen molar-refractivity contribution in [2.45, 2.75) is 64.5 Å². The van der Waals surface area contributed by atoms with Crippen LogP contribution in [-0.2, 0) is 27.2 Å². The normalized spacial score (nSPS) is 14.2. The van der Waals surface area contributed by atoms with Gasteiger partial charge < -0.3 is 24.4 Å². The fraction of sp³-hybridized carbons (Fsp3) is 0.412. The molecule has 0 aromatic heterocycles. The van der Waals surface area contributed by atoms with Gasteiger partial charge >= 0.3 is 5.97 Å². The first kappa shape index (κ1) is 30.0. The summed E-state index contributed by atoms with van der Waals surface area (Å²) in [5.74, 6) is 0.870. The second-order valence-electron chi connectivity index (χ2n) is 10.9. The van der Waals surface area contributed by atoms with E-state index in [4.69, 9.17) is 14.2 Å². The monoisotopic (exact) mass is 558 g/mol. The van der Waals surface area contributed by atoms with Gasteiger partial charge in [-0.3, -0.25) is 4.79 Å². The lowest BCUT2D eigenvalue weighted by atomic mass is 9.95. The number of methoxy groups -OCH3 is 1. The molecule has 1 fully saturated rings. The van der Waals surface area contributed by atoms with Crippen LogP contribution in [0.4, 0.5) is 5.69 Å². The molecule has 1 saturated heterocycles. The van der Waals surface area contributed by atoms with Crippen molar-refractivity contribution >= 4 is 17.6 Å². The van der Waals surface area contributed by atoms with E-state index in [9.17, 15) is 9.59 Å². The molecule has 3 aromatic rings. The highest BCUT2D eigenvalue weighted by Crippen LogP contribution is 2.31. The highest BCUT2D eigenvalue weighted by atomic mass is 16.6. The topological polar surface area (TPSA) is 77.1 Å². The molecule has 1 aliphatic heterocycles. The number of piperidine rings is 1. The Balaban J connectivity index is 1.50. The zero-order valence-corrected chi connectivity index (χ0v) is 24.7. The Morgan fingerprint density at radius 2 is 1.51 bits per heavy atom. The van der Waals surface area contributed by atoms with Gasteiger partial charge in [0.15, 0.2) is 5.60 Å². The molecule has 7 heteroatoms. The molecule has 1 N–H and O–H groups in total. The molecule has 0 aliphatic carbocycles. The molecule has 1 amide bonds. The number of anilines is 1. The molecular formula is C34H42N2O5. The van der Waals surface area contributed by atoms with E-state index < -0.39 is 11.6 Å². The van der Waals surface area contributed by atoms with E-state index in [0.29, 0.717) is 18.8 Å². The fourth-order valence-electron chi connectivity index (χ4n) is 5.19. The zero-order chi connectivity index (χ0) is 29.2. The summed E-state index contributed by atoms with van der Waals surface area (Å²) in [6.07, 6.45) is 4.51. The number of benzene rings is 3. The molecule has 1 unspecified atom stereocenters. The SMILES string of the molecule is CCOC(=O)C(C)(C)Oc1ccc(CC(=O)NC(Cc2ccc(OC)cc2)c2ccccc2N2CCCCC2)cc1. The summed E-state index contributed by atoms with van der Waals surface area (Å²) in [6.45, 7) is 7.47. The summed E-state index contributed by atoms with van der Waals surface area (Å²) in [5.41, 5.74) is 3.19. The van der Waals surface area contributed by atoms with E-state index >= 15 is 0 Å². The summed E-state index contributed by atoms with van der Waals surface area (Å²) in [7, 11) is 1.66. The van der Waals surface area contributed by atoms with E-state index in [1.54, 1.807) is 40.0 Å². The lowest BCUT2D eigenvalue weighted by Crippen LogP contribution is -2.39. The molecule has 0 bridgehead atoms. The van der Waals surface area contributed by atoms with Gasteiger partial charge in [0.2, 0.25) is 5.91 Å². The summed E-state index contributed by atoms with van der Waals surface area (Å²) in [5, 5.41) is 3.33. The standard InChI is InChI=1S/C34H42N2O5/c1-5-40-33(38)34(2,3)41-28-19-15-26(16-20-28)24-32(37)35-30(23-25-13-17-27(39-4)18-14-25)29-11-7-8-12-31(29)36-21-9-6-10-22-36/h7-8,11-20,30H,5-6,9-10,21-24H2,1-4H3,(H,35,37). The van der Waals surface area contributed by atoms with Gasteiger partial charge in [0.25, 0.3) is 0 Å². The number of amides is 1. The van der Waals surface area contributed by atoms with Crippen LogP contribution in [0.1, 0.15) is 62.8 Å². The third-order valence-corrected chi connectivity index (χ3v) is 7.37. The van der Waals surface area contributed by atoms with E-state index in [2.05, 4.69) is 40.5 Å². The van der Waals surface area contributed by atoms with Crippen molar-refractivity contribution in [1.29, 1.82) is 0 Å². The number of hydrogen-bond donors (Lipinski definition) is 1. The van der Waals surface area contributed by atoms with Crippen LogP contribution in [0.2, 0.25) is 0 Å². The molecule has 1 aliphatic rings. The largest absolute Gasteiger partial charge is 0.497 e. The van der Waals surface area contributed by atoms with Gasteiger partial charge in [0, 0.05) is 18.8 Å². The number of nitrogens with one attached hydrogen (secondary N) is 1. The smallest absolute Gasteiger partial charge is 0.349 e. The highest BCUT2D eigenvalue weighted by Gasteiger charge is 2.31. The molecule has 0 radical (unpaired) electrons. The quantitative estimate of drug-likeness (QED) is 0.273. The Labute approximate surface area is 243 Å². The molecule has 218 valence electrons. The van der Waals surface area contributed by atoms with Gasteiger partial charge in [0.05, 0.1) is 26.2 Å². The van der Waals surface area contributed by atoms with Gasteiger partial charge in [0.1, 0.15) is 11.5 Å². The van der Waals surface area contributed by atoms with E-state index in [1.807, 2.05) is 30.3 Å². The van der Waals surface area contributed by atoms with Crippen LogP contribution in [0.3, 0.4) is 0 Å². The van der Waals surface area contributed by atoms with Crippen LogP contribution in [0, 0.1) is 0 Å². The maximum atomic E-state index is 13.4. The zero-order valence-electron chi connectivity index (χ0n) is 24.7. The van der Waals surface area contributed by atoms with E-state index in [0.717, 1.165) is 35.5 Å². The molecule has 41 heavy (non-hydrogen) atoms. The van der Waals surface area contributed by atoms with Gasteiger partial charge in [-0.05, 0) is 93.5 Å². The summed E-state index contributed by atoms with van der Waals surface area (Å²) >= 11 is 0. The number of esters is 1. The van der Waals surface area contributed by atoms with Crippen LogP contribution in [-0.4, -0.2) is 44.3 Å². The molecule has 0 spiro atoms. The Bertz CT molecular complexity index is 1280. The predicted molar refractivity (Wildman–Crippen MR) is 162 cm³/mol. The van der Waals surface area contributed by atoms with Gasteiger partial charge in [-0.2, -0.15) is 0 Å². The van der Waals surface area contributed by atoms with Gasteiger partial charge in [-0.25, -0.2) is 4.79 Å². The maximum absolute atomic E-state index is 13.4. The van der Waals surface area contributed by atoms with Crippen LogP contribution in [0.25, 0.3) is 0 Å². The third-order valence-electron chi connectivity index (χ3n) is 7.37. The second-order valence-corrected chi connectivity index (χ2v) is 10.9. The van der Waals surface area contributed by atoms with Crippen LogP contribution in [0.5, 0.6) is 11.5 Å². The van der Waals surface area contributed by atoms with Crippen molar-refractivity contribution in [3.05, 3.63) is 89.5 Å². The lowest BCUT2D eigenvalue weighted by Gasteiger charge is -2.33. The van der Waals surface area contributed by atoms with E-state index in [1.165, 1.54) is 24.9 Å². The Morgan fingerprint density at radius 1 is 0.878 bits per heavy atom. The molecule has 4 rings (SSSR count). The van der Waals surface area contributed by atoms with Crippen molar-refractivity contribution in [1.82, 2.24) is 5.32 Å². The first-order chi connectivity index (χ1) is 19.8. The lowest BCUT2D eigenvalue weighted by molar-refractivity contribution is -0.158. The third kappa shape index (κ3) is 8.26. The van der Waals surface area contributed by atoms with Gasteiger partial charge in [-0.15, -0.1) is 0 Å². The van der Waals surface area contributed by atoms with Crippen molar-refractivity contribution in [2.75, 3.05) is 31.7 Å². The average molecular weight is 559 g/mol. The van der Waals surface area contributed by atoms with Crippen molar-refractivity contribution < 1.29 is 23.8 Å². The Hall–Kier alpha value is -4.00. The molecule has 0 saturated carbocycles. The number of para-hydroxylation sites is 1.